The number of anilines is 1. The van der Waals surface area contributed by atoms with Crippen LogP contribution in [0.25, 0.3) is 10.6 Å². The lowest BCUT2D eigenvalue weighted by atomic mass is 9.74. The molecule has 2 amide bonds. The Morgan fingerprint density at radius 1 is 1.15 bits per heavy atom. The fourth-order valence-electron chi connectivity index (χ4n) is 8.59. The molecule has 0 unspecified atom stereocenters. The monoisotopic (exact) mass is 1070 g/mol. The van der Waals surface area contributed by atoms with Gasteiger partial charge in [0.25, 0.3) is 5.67 Å². The molecule has 0 aliphatic carbocycles. The Labute approximate surface area is 408 Å². The lowest BCUT2D eigenvalue weighted by Crippen LogP contribution is -2.61. The average molecular weight is 1070 g/mol. The highest BCUT2D eigenvalue weighted by Gasteiger charge is 2.56. The van der Waals surface area contributed by atoms with Crippen LogP contribution in [0.5, 0.6) is 0 Å². The van der Waals surface area contributed by atoms with Crippen LogP contribution in [-0.4, -0.2) is 151 Å². The third kappa shape index (κ3) is 12.9. The van der Waals surface area contributed by atoms with Crippen LogP contribution in [0.15, 0.2) is 33.9 Å². The van der Waals surface area contributed by atoms with Crippen molar-refractivity contribution in [3.8, 4) is 10.6 Å². The van der Waals surface area contributed by atoms with Crippen LogP contribution in [0.2, 0.25) is 0 Å². The molecule has 5 heterocycles. The number of Topliss-reactive ketones (excluding diaryl/α,β-unsaturated/α-hetero) is 1. The van der Waals surface area contributed by atoms with E-state index in [9.17, 15) is 29.4 Å². The molecule has 372 valence electrons. The van der Waals surface area contributed by atoms with Crippen molar-refractivity contribution in [1.82, 2.24) is 14.9 Å². The van der Waals surface area contributed by atoms with Gasteiger partial charge in [0.2, 0.25) is 11.8 Å². The van der Waals surface area contributed by atoms with E-state index >= 15 is 4.39 Å². The van der Waals surface area contributed by atoms with Crippen LogP contribution in [0.4, 0.5) is 10.2 Å². The number of halogens is 2. The quantitative estimate of drug-likeness (QED) is 0.0846. The van der Waals surface area contributed by atoms with Gasteiger partial charge >= 0.3 is 5.97 Å². The summed E-state index contributed by atoms with van der Waals surface area (Å²) in [5.74, 6) is -6.19. The number of nitrogens with two attached hydrogens (primary N) is 1. The first kappa shape index (κ1) is 54.5. The average Bonchev–Trinajstić information content (AvgIpc) is 3.73. The van der Waals surface area contributed by atoms with Crippen molar-refractivity contribution in [3.05, 3.63) is 29.4 Å². The molecule has 3 fully saturated rings. The molecule has 14 atom stereocenters. The van der Waals surface area contributed by atoms with E-state index < -0.39 is 99.2 Å². The van der Waals surface area contributed by atoms with E-state index in [0.29, 0.717) is 34.2 Å². The summed E-state index contributed by atoms with van der Waals surface area (Å²) in [6.07, 6.45) is -3.61. The fraction of sp³-hybridized carbons (Fsp3) is 0.689. The number of hydrogen-bond donors (Lipinski definition) is 4. The number of aliphatic imine (C=N–C) groups is 1. The number of aliphatic hydroxyl groups is 2. The number of ketones is 1. The first-order valence-corrected chi connectivity index (χ1v) is 24.4. The third-order valence-corrected chi connectivity index (χ3v) is 14.9. The molecule has 22 heteroatoms. The molecule has 5 rings (SSSR count). The van der Waals surface area contributed by atoms with Crippen LogP contribution in [0.3, 0.4) is 0 Å². The molecule has 2 aromatic heterocycles. The summed E-state index contributed by atoms with van der Waals surface area (Å²) in [7, 11) is 3.61. The van der Waals surface area contributed by atoms with Gasteiger partial charge in [-0.05, 0) is 102 Å². The zero-order chi connectivity index (χ0) is 49.8. The first-order chi connectivity index (χ1) is 31.3. The zero-order valence-corrected chi connectivity index (χ0v) is 42.8. The minimum atomic E-state index is -3.25. The lowest BCUT2D eigenvalue weighted by Gasteiger charge is -2.47. The molecule has 5 N–H and O–H groups in total. The van der Waals surface area contributed by atoms with Crippen molar-refractivity contribution in [2.75, 3.05) is 32.6 Å². The molecule has 0 spiro atoms. The predicted octanol–water partition coefficient (Wildman–Crippen LogP) is 4.39. The summed E-state index contributed by atoms with van der Waals surface area (Å²) >= 11 is 2.97. The number of likely N-dealkylation sites (N-methyl/N-ethyl adjacent to an activating group) is 1. The number of alkyl halides is 2. The maximum Gasteiger partial charge on any atom is 0.352 e. The number of thiazole rings is 1. The topological polar surface area (TPSA) is 256 Å². The number of esters is 1. The summed E-state index contributed by atoms with van der Waals surface area (Å²) in [4.78, 5) is 74.6. The van der Waals surface area contributed by atoms with Gasteiger partial charge in [-0.25, -0.2) is 19.2 Å². The highest BCUT2D eigenvalue weighted by Crippen LogP contribution is 2.41. The Balaban J connectivity index is 1.59. The van der Waals surface area contributed by atoms with E-state index in [2.05, 4.69) is 25.4 Å². The number of cyclic esters (lactones) is 1. The van der Waals surface area contributed by atoms with Crippen LogP contribution >= 0.6 is 33.9 Å². The molecule has 19 nitrogen and oxygen atoms in total. The summed E-state index contributed by atoms with van der Waals surface area (Å²) in [6, 6.07) is 2.38. The van der Waals surface area contributed by atoms with E-state index in [1.165, 1.54) is 25.2 Å². The smallest absolute Gasteiger partial charge is 0.352 e. The second-order valence-corrected chi connectivity index (χ2v) is 20.5. The zero-order valence-electron chi connectivity index (χ0n) is 39.9. The largest absolute Gasteiger partial charge is 0.446 e. The van der Waals surface area contributed by atoms with Gasteiger partial charge in [0.15, 0.2) is 22.8 Å². The minimum Gasteiger partial charge on any atom is -0.446 e. The molecule has 2 bridgehead atoms. The number of nitrogens with one attached hydrogen (secondary N) is 1. The Morgan fingerprint density at radius 2 is 1.85 bits per heavy atom. The van der Waals surface area contributed by atoms with E-state index in [1.807, 2.05) is 11.8 Å². The number of aromatic nitrogens is 2. The predicted molar refractivity (Wildman–Crippen MR) is 255 cm³/mol. The summed E-state index contributed by atoms with van der Waals surface area (Å²) in [6.45, 7) is 13.0. The molecule has 3 aliphatic rings. The van der Waals surface area contributed by atoms with Crippen molar-refractivity contribution >= 4 is 74.7 Å². The van der Waals surface area contributed by atoms with E-state index in [-0.39, 0.29) is 44.3 Å². The second kappa shape index (κ2) is 22.5. The van der Waals surface area contributed by atoms with Crippen molar-refractivity contribution in [3.63, 3.8) is 0 Å². The number of amides is 2. The van der Waals surface area contributed by atoms with Gasteiger partial charge in [0.1, 0.15) is 28.2 Å². The van der Waals surface area contributed by atoms with Crippen LogP contribution in [0.1, 0.15) is 87.3 Å². The van der Waals surface area contributed by atoms with Gasteiger partial charge < -0.3 is 54.7 Å². The molecule has 3 saturated heterocycles. The van der Waals surface area contributed by atoms with Crippen molar-refractivity contribution in [1.29, 1.82) is 0 Å². The standard InChI is InChI=1S/C45H65FIN7O12S/c1-12-32(55)52-33-22(2)16-43(7)36(65-40-34(56)30(54(10)11)15-23(3)64-40)25(5)35(57)44(8,46)42(59)66-41(47)45(9,60)37(24(33)4)61-18-29(19-62-43)53-63-20-28-14-13-27(17-49-28)39-51-31(21-67-39)50-38(58)26(6)48/h13-14,17,21-26,30,34,36-37,40-41,56,60H,12,15-16,18-20,48H2,1-11H3,(H,50,58)/b52-33+,53-29+/t22-,23-,24+,25+,26+,30+,34-,36-,37-,40+,41+,43-,44+,45+/m1/s1. The van der Waals surface area contributed by atoms with Gasteiger partial charge in [0, 0.05) is 47.2 Å². The SMILES string of the molecule is CCC(=O)/N=C1\[C@H](C)C[C@@]2(C)OC/C(=N/OCc3ccc(-c4nc(NC(=O)[C@H](C)N)cs4)cn3)CO[C@H]([C@H]1C)[C@](C)(O)[C@@H](I)OC(=O)[C@@](C)(F)C(=O)[C@H](C)[C@H]2O[C@@H]1O[C@H](C)C[C@H](N(C)C)[C@H]1O. The molecule has 3 aliphatic heterocycles. The highest BCUT2D eigenvalue weighted by molar-refractivity contribution is 14.1. The normalized spacial score (nSPS) is 36.4. The Hall–Kier alpha value is -3.46. The van der Waals surface area contributed by atoms with Crippen molar-refractivity contribution in [2.24, 2.45) is 33.6 Å². The van der Waals surface area contributed by atoms with Gasteiger partial charge in [-0.2, -0.15) is 0 Å². The molecule has 2 aromatic rings. The number of ether oxygens (including phenoxy) is 5. The second-order valence-electron chi connectivity index (χ2n) is 18.5. The number of nitrogens with zero attached hydrogens (tertiary/aromatic N) is 5. The minimum absolute atomic E-state index is 0.0234. The Bertz CT molecular complexity index is 2140. The Kier molecular flexibility index (Phi) is 18.3. The third-order valence-electron chi connectivity index (χ3n) is 12.5. The Morgan fingerprint density at radius 3 is 2.48 bits per heavy atom. The van der Waals surface area contributed by atoms with Crippen LogP contribution in [0, 0.1) is 17.8 Å². The maximum atomic E-state index is 16.9. The summed E-state index contributed by atoms with van der Waals surface area (Å²) in [5, 5.41) is 33.4. The highest BCUT2D eigenvalue weighted by atomic mass is 127. The van der Waals surface area contributed by atoms with Gasteiger partial charge in [0.05, 0.1) is 48.9 Å². The van der Waals surface area contributed by atoms with E-state index in [1.54, 1.807) is 95.0 Å². The number of fused-ring (bicyclic) bond motifs is 5. The van der Waals surface area contributed by atoms with Crippen molar-refractivity contribution < 1.29 is 62.3 Å². The van der Waals surface area contributed by atoms with E-state index in [4.69, 9.17) is 34.3 Å². The lowest BCUT2D eigenvalue weighted by molar-refractivity contribution is -0.296. The molecule has 0 saturated carbocycles. The van der Waals surface area contributed by atoms with Gasteiger partial charge in [-0.1, -0.05) is 32.9 Å². The fourth-order valence-corrected chi connectivity index (χ4v) is 9.92. The van der Waals surface area contributed by atoms with E-state index in [0.717, 1.165) is 6.92 Å². The number of carbonyl (C=O) groups excluding carboxylic acids is 4. The number of rotatable bonds is 10. The van der Waals surface area contributed by atoms with Crippen molar-refractivity contribution in [2.45, 2.75) is 152 Å². The molecule has 0 radical (unpaired) electrons. The van der Waals surface area contributed by atoms with Crippen LogP contribution < -0.4 is 11.1 Å². The number of carbonyl (C=O) groups is 4. The number of oxime groups is 1. The molecule has 67 heavy (non-hydrogen) atoms. The number of pyridine rings is 1. The number of aliphatic hydroxyl groups excluding tert-OH is 1. The molecule has 0 aromatic carbocycles. The number of hydrogen-bond acceptors (Lipinski definition) is 18. The van der Waals surface area contributed by atoms with Gasteiger partial charge in [-0.3, -0.25) is 19.4 Å². The summed E-state index contributed by atoms with van der Waals surface area (Å²) in [5.41, 5.74) is 0.352. The van der Waals surface area contributed by atoms with Gasteiger partial charge in [-0.15, -0.1) is 11.3 Å². The summed E-state index contributed by atoms with van der Waals surface area (Å²) < 4.78 is 47.1. The first-order valence-electron chi connectivity index (χ1n) is 22.3. The molecular weight excluding hydrogens is 1010 g/mol. The maximum absolute atomic E-state index is 16.9. The van der Waals surface area contributed by atoms with Crippen LogP contribution in [-0.2, 0) is 54.3 Å². The molecular formula is C45H65FIN7O12S.